The maximum atomic E-state index is 12.3. The molecule has 5 heteroatoms. The molecule has 0 aliphatic rings. The van der Waals surface area contributed by atoms with Crippen molar-refractivity contribution >= 4 is 38.3 Å². The fourth-order valence-corrected chi connectivity index (χ4v) is 3.36. The predicted molar refractivity (Wildman–Crippen MR) is 95.1 cm³/mol. The zero-order valence-corrected chi connectivity index (χ0v) is 15.0. The molecule has 2 aromatic rings. The van der Waals surface area contributed by atoms with Crippen LogP contribution in [-0.4, -0.2) is 8.42 Å². The van der Waals surface area contributed by atoms with Gasteiger partial charge < -0.3 is 0 Å². The van der Waals surface area contributed by atoms with Gasteiger partial charge in [-0.1, -0.05) is 26.0 Å². The zero-order chi connectivity index (χ0) is 15.5. The number of rotatable bonds is 5. The van der Waals surface area contributed by atoms with Gasteiger partial charge in [0.2, 0.25) is 0 Å². The standard InChI is InChI=1S/C16H18INO2S/c1-3-12(2)13-4-10-16(11-5-13)21(19,20)18-15-8-6-14(17)7-9-15/h4-12,18H,3H2,1-2H3. The summed E-state index contributed by atoms with van der Waals surface area (Å²) in [4.78, 5) is 0.285. The second-order valence-corrected chi connectivity index (χ2v) is 7.92. The molecule has 0 heterocycles. The molecule has 0 aliphatic carbocycles. The summed E-state index contributed by atoms with van der Waals surface area (Å²) in [5.74, 6) is 0.436. The SMILES string of the molecule is CCC(C)c1ccc(S(=O)(=O)Nc2ccc(I)cc2)cc1. The average Bonchev–Trinajstić information content (AvgIpc) is 2.49. The van der Waals surface area contributed by atoms with Crippen LogP contribution in [0, 0.1) is 3.57 Å². The maximum Gasteiger partial charge on any atom is 0.261 e. The third-order valence-electron chi connectivity index (χ3n) is 3.47. The second kappa shape index (κ2) is 6.79. The number of benzene rings is 2. The molecule has 112 valence electrons. The minimum Gasteiger partial charge on any atom is -0.280 e. The van der Waals surface area contributed by atoms with E-state index in [-0.39, 0.29) is 4.90 Å². The fourth-order valence-electron chi connectivity index (χ4n) is 1.94. The van der Waals surface area contributed by atoms with E-state index in [4.69, 9.17) is 0 Å². The fraction of sp³-hybridized carbons (Fsp3) is 0.250. The Morgan fingerprint density at radius 2 is 1.62 bits per heavy atom. The van der Waals surface area contributed by atoms with E-state index in [9.17, 15) is 8.42 Å². The van der Waals surface area contributed by atoms with Crippen molar-refractivity contribution in [2.24, 2.45) is 0 Å². The topological polar surface area (TPSA) is 46.2 Å². The lowest BCUT2D eigenvalue weighted by atomic mass is 9.99. The number of hydrogen-bond acceptors (Lipinski definition) is 2. The lowest BCUT2D eigenvalue weighted by Crippen LogP contribution is -2.13. The van der Waals surface area contributed by atoms with Crippen LogP contribution in [0.4, 0.5) is 5.69 Å². The molecule has 0 aromatic heterocycles. The van der Waals surface area contributed by atoms with Crippen molar-refractivity contribution in [2.75, 3.05) is 4.72 Å². The Balaban J connectivity index is 2.21. The predicted octanol–water partition coefficient (Wildman–Crippen LogP) is 4.61. The lowest BCUT2D eigenvalue weighted by Gasteiger charge is -2.11. The first-order valence-electron chi connectivity index (χ1n) is 6.80. The van der Waals surface area contributed by atoms with Gasteiger partial charge in [-0.3, -0.25) is 4.72 Å². The maximum absolute atomic E-state index is 12.3. The van der Waals surface area contributed by atoms with Crippen molar-refractivity contribution in [2.45, 2.75) is 31.1 Å². The molecule has 0 bridgehead atoms. The van der Waals surface area contributed by atoms with Gasteiger partial charge in [0.1, 0.15) is 0 Å². The van der Waals surface area contributed by atoms with E-state index in [1.165, 1.54) is 0 Å². The Morgan fingerprint density at radius 3 is 2.14 bits per heavy atom. The number of anilines is 1. The summed E-state index contributed by atoms with van der Waals surface area (Å²) in [6.45, 7) is 4.25. The van der Waals surface area contributed by atoms with Crippen molar-refractivity contribution in [3.05, 3.63) is 57.7 Å². The highest BCUT2D eigenvalue weighted by Gasteiger charge is 2.14. The normalized spacial score (nSPS) is 12.9. The molecule has 1 atom stereocenters. The monoisotopic (exact) mass is 415 g/mol. The van der Waals surface area contributed by atoms with E-state index in [1.54, 1.807) is 24.3 Å². The Kier molecular flexibility index (Phi) is 5.27. The van der Waals surface area contributed by atoms with E-state index in [0.29, 0.717) is 11.6 Å². The molecule has 1 unspecified atom stereocenters. The van der Waals surface area contributed by atoms with Crippen molar-refractivity contribution in [3.63, 3.8) is 0 Å². The van der Waals surface area contributed by atoms with Crippen LogP contribution in [0.15, 0.2) is 53.4 Å². The third kappa shape index (κ3) is 4.20. The number of nitrogens with one attached hydrogen (secondary N) is 1. The van der Waals surface area contributed by atoms with Crippen LogP contribution in [0.2, 0.25) is 0 Å². The average molecular weight is 415 g/mol. The summed E-state index contributed by atoms with van der Waals surface area (Å²) in [6.07, 6.45) is 1.03. The van der Waals surface area contributed by atoms with Gasteiger partial charge in [-0.2, -0.15) is 0 Å². The third-order valence-corrected chi connectivity index (χ3v) is 5.58. The quantitative estimate of drug-likeness (QED) is 0.726. The molecule has 0 saturated carbocycles. The molecule has 0 amide bonds. The van der Waals surface area contributed by atoms with Crippen LogP contribution in [0.5, 0.6) is 0 Å². The Labute approximate surface area is 140 Å². The molecule has 2 aromatic carbocycles. The molecule has 0 fully saturated rings. The molecule has 0 aliphatic heterocycles. The van der Waals surface area contributed by atoms with Crippen LogP contribution < -0.4 is 4.72 Å². The van der Waals surface area contributed by atoms with E-state index in [2.05, 4.69) is 41.2 Å². The summed E-state index contributed by atoms with van der Waals surface area (Å²) in [5, 5.41) is 0. The summed E-state index contributed by atoms with van der Waals surface area (Å²) < 4.78 is 28.3. The van der Waals surface area contributed by atoms with E-state index < -0.39 is 10.0 Å². The number of sulfonamides is 1. The highest BCUT2D eigenvalue weighted by Crippen LogP contribution is 2.22. The summed E-state index contributed by atoms with van der Waals surface area (Å²) in [5.41, 5.74) is 1.73. The van der Waals surface area contributed by atoms with Gasteiger partial charge in [0.25, 0.3) is 10.0 Å². The van der Waals surface area contributed by atoms with Crippen LogP contribution >= 0.6 is 22.6 Å². The van der Waals surface area contributed by atoms with Gasteiger partial charge in [0.05, 0.1) is 4.90 Å². The van der Waals surface area contributed by atoms with Crippen LogP contribution in [-0.2, 0) is 10.0 Å². The van der Waals surface area contributed by atoms with Crippen LogP contribution in [0.25, 0.3) is 0 Å². The highest BCUT2D eigenvalue weighted by atomic mass is 127. The second-order valence-electron chi connectivity index (χ2n) is 4.99. The highest BCUT2D eigenvalue weighted by molar-refractivity contribution is 14.1. The molecule has 0 spiro atoms. The largest absolute Gasteiger partial charge is 0.280 e. The first-order valence-corrected chi connectivity index (χ1v) is 9.37. The van der Waals surface area contributed by atoms with Crippen molar-refractivity contribution in [1.29, 1.82) is 0 Å². The van der Waals surface area contributed by atoms with Gasteiger partial charge in [-0.05, 0) is 76.9 Å². The molecule has 21 heavy (non-hydrogen) atoms. The van der Waals surface area contributed by atoms with Gasteiger partial charge in [0, 0.05) is 9.26 Å². The van der Waals surface area contributed by atoms with Crippen molar-refractivity contribution < 1.29 is 8.42 Å². The first-order chi connectivity index (χ1) is 9.92. The molecule has 3 nitrogen and oxygen atoms in total. The molecule has 1 N–H and O–H groups in total. The van der Waals surface area contributed by atoms with E-state index in [1.807, 2.05) is 24.3 Å². The molecule has 2 rings (SSSR count). The van der Waals surface area contributed by atoms with Crippen molar-refractivity contribution in [1.82, 2.24) is 0 Å². The summed E-state index contributed by atoms with van der Waals surface area (Å²) in [6, 6.07) is 14.3. The van der Waals surface area contributed by atoms with Gasteiger partial charge in [0.15, 0.2) is 0 Å². The van der Waals surface area contributed by atoms with Crippen molar-refractivity contribution in [3.8, 4) is 0 Å². The van der Waals surface area contributed by atoms with Gasteiger partial charge >= 0.3 is 0 Å². The number of hydrogen-bond donors (Lipinski definition) is 1. The van der Waals surface area contributed by atoms with E-state index in [0.717, 1.165) is 15.6 Å². The Morgan fingerprint density at radius 1 is 1.05 bits per heavy atom. The summed E-state index contributed by atoms with van der Waals surface area (Å²) in [7, 11) is -3.53. The zero-order valence-electron chi connectivity index (χ0n) is 12.0. The number of halogens is 1. The van der Waals surface area contributed by atoms with Gasteiger partial charge in [-0.15, -0.1) is 0 Å². The molecular formula is C16H18INO2S. The Bertz CT molecular complexity index is 694. The molecular weight excluding hydrogens is 397 g/mol. The summed E-state index contributed by atoms with van der Waals surface area (Å²) >= 11 is 2.18. The minimum absolute atomic E-state index is 0.285. The minimum atomic E-state index is -3.53. The first kappa shape index (κ1) is 16.3. The van der Waals surface area contributed by atoms with Gasteiger partial charge in [-0.25, -0.2) is 8.42 Å². The van der Waals surface area contributed by atoms with E-state index >= 15 is 0 Å². The van der Waals surface area contributed by atoms with Crippen LogP contribution in [0.3, 0.4) is 0 Å². The van der Waals surface area contributed by atoms with Crippen LogP contribution in [0.1, 0.15) is 31.7 Å². The molecule has 0 saturated heterocycles. The lowest BCUT2D eigenvalue weighted by molar-refractivity contribution is 0.601. The molecule has 0 radical (unpaired) electrons. The smallest absolute Gasteiger partial charge is 0.261 e. The Hall–Kier alpha value is -1.08.